The lowest BCUT2D eigenvalue weighted by Crippen LogP contribution is -2.40. The zero-order valence-corrected chi connectivity index (χ0v) is 15.4. The number of benzene rings is 1. The largest absolute Gasteiger partial charge is 0.507 e. The number of nitrogens with zero attached hydrogens (tertiary/aromatic N) is 1. The Morgan fingerprint density at radius 3 is 2.56 bits per heavy atom. The first-order chi connectivity index (χ1) is 12.0. The number of nitrogens with one attached hydrogen (secondary N) is 1. The van der Waals surface area contributed by atoms with E-state index < -0.39 is 0 Å². The van der Waals surface area contributed by atoms with Gasteiger partial charge in [0.2, 0.25) is 0 Å². The van der Waals surface area contributed by atoms with Crippen LogP contribution in [0.4, 0.5) is 4.79 Å². The number of phenolic OH excluding ortho intramolecular Hbond substituents is 1. The number of hydrogen-bond donors (Lipinski definition) is 2. The summed E-state index contributed by atoms with van der Waals surface area (Å²) in [5.74, 6) is 1.72. The second-order valence-corrected chi connectivity index (χ2v) is 7.50. The van der Waals surface area contributed by atoms with Crippen molar-refractivity contribution < 1.29 is 14.6 Å². The molecule has 2 aliphatic heterocycles. The predicted molar refractivity (Wildman–Crippen MR) is 97.9 cm³/mol. The fraction of sp³-hybridized carbons (Fsp3) is 0.650. The van der Waals surface area contributed by atoms with Crippen LogP contribution in [-0.4, -0.2) is 48.9 Å². The summed E-state index contributed by atoms with van der Waals surface area (Å²) < 4.78 is 5.44. The summed E-state index contributed by atoms with van der Waals surface area (Å²) in [5, 5.41) is 12.9. The quantitative estimate of drug-likeness (QED) is 0.881. The van der Waals surface area contributed by atoms with Crippen molar-refractivity contribution in [3.63, 3.8) is 0 Å². The zero-order valence-electron chi connectivity index (χ0n) is 15.4. The molecular formula is C20H30N2O3. The van der Waals surface area contributed by atoms with Crippen LogP contribution < -0.4 is 5.32 Å². The minimum absolute atomic E-state index is 0.0572. The minimum Gasteiger partial charge on any atom is -0.507 e. The molecule has 0 bridgehead atoms. The van der Waals surface area contributed by atoms with E-state index >= 15 is 0 Å². The number of rotatable bonds is 4. The first kappa shape index (κ1) is 18.1. The van der Waals surface area contributed by atoms with Gasteiger partial charge in [0.05, 0.1) is 0 Å². The van der Waals surface area contributed by atoms with E-state index in [0.29, 0.717) is 18.2 Å². The average Bonchev–Trinajstić information content (AvgIpc) is 3.10. The summed E-state index contributed by atoms with van der Waals surface area (Å²) in [7, 11) is 0. The fourth-order valence-corrected chi connectivity index (χ4v) is 4.16. The summed E-state index contributed by atoms with van der Waals surface area (Å²) >= 11 is 0. The smallest absolute Gasteiger partial charge is 0.317 e. The molecule has 1 aromatic rings. The van der Waals surface area contributed by atoms with Gasteiger partial charge in [-0.1, -0.05) is 12.1 Å². The van der Waals surface area contributed by atoms with Crippen molar-refractivity contribution in [2.45, 2.75) is 39.5 Å². The van der Waals surface area contributed by atoms with Gasteiger partial charge in [-0.05, 0) is 68.1 Å². The van der Waals surface area contributed by atoms with E-state index in [0.717, 1.165) is 74.6 Å². The normalized spacial score (nSPS) is 21.5. The Morgan fingerprint density at radius 1 is 1.20 bits per heavy atom. The topological polar surface area (TPSA) is 61.8 Å². The van der Waals surface area contributed by atoms with Crippen molar-refractivity contribution in [1.29, 1.82) is 0 Å². The summed E-state index contributed by atoms with van der Waals surface area (Å²) in [6.07, 6.45) is 4.18. The lowest BCUT2D eigenvalue weighted by molar-refractivity contribution is 0.0484. The SMILES string of the molecule is Cc1cc(CCNC(=O)N2CC[C@H](C3CCOCC3)C2)cc(C)c1O. The molecule has 0 spiro atoms. The summed E-state index contributed by atoms with van der Waals surface area (Å²) in [5.41, 5.74) is 2.93. The minimum atomic E-state index is 0.0572. The molecule has 2 saturated heterocycles. The van der Waals surface area contributed by atoms with Gasteiger partial charge in [-0.25, -0.2) is 4.79 Å². The summed E-state index contributed by atoms with van der Waals surface area (Å²) in [4.78, 5) is 14.4. The van der Waals surface area contributed by atoms with Gasteiger partial charge in [0.25, 0.3) is 0 Å². The highest BCUT2D eigenvalue weighted by Crippen LogP contribution is 2.31. The van der Waals surface area contributed by atoms with Gasteiger partial charge >= 0.3 is 6.03 Å². The third-order valence-corrected chi connectivity index (χ3v) is 5.69. The molecular weight excluding hydrogens is 316 g/mol. The first-order valence-corrected chi connectivity index (χ1v) is 9.44. The van der Waals surface area contributed by atoms with Crippen molar-refractivity contribution >= 4 is 6.03 Å². The Bertz CT molecular complexity index is 588. The number of hydrogen-bond acceptors (Lipinski definition) is 3. The van der Waals surface area contributed by atoms with Crippen LogP contribution in [0.1, 0.15) is 36.0 Å². The van der Waals surface area contributed by atoms with E-state index in [1.165, 1.54) is 0 Å². The number of phenols is 1. The van der Waals surface area contributed by atoms with Crippen LogP contribution in [0.2, 0.25) is 0 Å². The van der Waals surface area contributed by atoms with Crippen molar-refractivity contribution in [1.82, 2.24) is 10.2 Å². The second-order valence-electron chi connectivity index (χ2n) is 7.50. The van der Waals surface area contributed by atoms with Crippen LogP contribution in [-0.2, 0) is 11.2 Å². The van der Waals surface area contributed by atoms with Crippen molar-refractivity contribution in [3.05, 3.63) is 28.8 Å². The monoisotopic (exact) mass is 346 g/mol. The Kier molecular flexibility index (Phi) is 5.84. The van der Waals surface area contributed by atoms with Crippen molar-refractivity contribution in [2.75, 3.05) is 32.8 Å². The number of aromatic hydroxyl groups is 1. The van der Waals surface area contributed by atoms with Gasteiger partial charge in [-0.3, -0.25) is 0 Å². The van der Waals surface area contributed by atoms with E-state index in [-0.39, 0.29) is 6.03 Å². The zero-order chi connectivity index (χ0) is 17.8. The summed E-state index contributed by atoms with van der Waals surface area (Å²) in [6.45, 7) is 7.94. The highest BCUT2D eigenvalue weighted by Gasteiger charge is 2.32. The van der Waals surface area contributed by atoms with Crippen LogP contribution in [0, 0.1) is 25.7 Å². The molecule has 2 amide bonds. The molecule has 2 heterocycles. The molecule has 138 valence electrons. The van der Waals surface area contributed by atoms with Gasteiger partial charge in [0.1, 0.15) is 5.75 Å². The Hall–Kier alpha value is -1.75. The number of ether oxygens (including phenoxy) is 1. The van der Waals surface area contributed by atoms with E-state index in [4.69, 9.17) is 4.74 Å². The van der Waals surface area contributed by atoms with Gasteiger partial charge in [-0.2, -0.15) is 0 Å². The third-order valence-electron chi connectivity index (χ3n) is 5.69. The molecule has 1 aromatic carbocycles. The Morgan fingerprint density at radius 2 is 1.88 bits per heavy atom. The molecule has 2 fully saturated rings. The Labute approximate surface area is 150 Å². The standard InChI is InChI=1S/C20H30N2O3/c1-14-11-16(12-15(2)19(14)23)3-7-21-20(24)22-8-4-18(13-22)17-5-9-25-10-6-17/h11-12,17-18,23H,3-10,13H2,1-2H3,(H,21,24)/t18-/m0/s1. The van der Waals surface area contributed by atoms with Crippen LogP contribution >= 0.6 is 0 Å². The van der Waals surface area contributed by atoms with Crippen molar-refractivity contribution in [3.8, 4) is 5.75 Å². The lowest BCUT2D eigenvalue weighted by atomic mass is 9.85. The molecule has 0 aromatic heterocycles. The molecule has 0 aliphatic carbocycles. The van der Waals surface area contributed by atoms with Crippen LogP contribution in [0.5, 0.6) is 5.75 Å². The number of aryl methyl sites for hydroxylation is 2. The summed E-state index contributed by atoms with van der Waals surface area (Å²) in [6, 6.07) is 4.04. The molecule has 25 heavy (non-hydrogen) atoms. The third kappa shape index (κ3) is 4.46. The van der Waals surface area contributed by atoms with Crippen molar-refractivity contribution in [2.24, 2.45) is 11.8 Å². The molecule has 5 heteroatoms. The Balaban J connectivity index is 1.44. The number of likely N-dealkylation sites (tertiary alicyclic amines) is 1. The highest BCUT2D eigenvalue weighted by molar-refractivity contribution is 5.74. The predicted octanol–water partition coefficient (Wildman–Crippen LogP) is 3.01. The first-order valence-electron chi connectivity index (χ1n) is 9.44. The number of carbonyl (C=O) groups excluding carboxylic acids is 1. The molecule has 0 saturated carbocycles. The van der Waals surface area contributed by atoms with Gasteiger partial charge in [-0.15, -0.1) is 0 Å². The van der Waals surface area contributed by atoms with Gasteiger partial charge in [0.15, 0.2) is 0 Å². The van der Waals surface area contributed by atoms with E-state index in [1.54, 1.807) is 0 Å². The van der Waals surface area contributed by atoms with Gasteiger partial charge in [0, 0.05) is 32.8 Å². The van der Waals surface area contributed by atoms with Crippen LogP contribution in [0.15, 0.2) is 12.1 Å². The van der Waals surface area contributed by atoms with E-state index in [1.807, 2.05) is 30.9 Å². The molecule has 2 N–H and O–H groups in total. The molecule has 3 rings (SSSR count). The molecule has 5 nitrogen and oxygen atoms in total. The molecule has 2 aliphatic rings. The molecule has 1 atom stereocenters. The van der Waals surface area contributed by atoms with E-state index in [2.05, 4.69) is 5.32 Å². The highest BCUT2D eigenvalue weighted by atomic mass is 16.5. The number of carbonyl (C=O) groups is 1. The van der Waals surface area contributed by atoms with Crippen LogP contribution in [0.25, 0.3) is 0 Å². The van der Waals surface area contributed by atoms with E-state index in [9.17, 15) is 9.90 Å². The van der Waals surface area contributed by atoms with Crippen LogP contribution in [0.3, 0.4) is 0 Å². The fourth-order valence-electron chi connectivity index (χ4n) is 4.16. The number of amides is 2. The maximum absolute atomic E-state index is 12.4. The maximum atomic E-state index is 12.4. The maximum Gasteiger partial charge on any atom is 0.317 e. The average molecular weight is 346 g/mol. The second kappa shape index (κ2) is 8.09. The van der Waals surface area contributed by atoms with Gasteiger partial charge < -0.3 is 20.1 Å². The lowest BCUT2D eigenvalue weighted by Gasteiger charge is -2.27. The number of urea groups is 1. The molecule has 0 radical (unpaired) electrons. The molecule has 0 unspecified atom stereocenters.